The monoisotopic (exact) mass is 397 g/mol. The van der Waals surface area contributed by atoms with Gasteiger partial charge in [-0.25, -0.2) is 9.78 Å². The van der Waals surface area contributed by atoms with Crippen molar-refractivity contribution in [3.05, 3.63) is 48.2 Å². The van der Waals surface area contributed by atoms with E-state index in [4.69, 9.17) is 4.74 Å². The van der Waals surface area contributed by atoms with Gasteiger partial charge in [0.05, 0.1) is 11.9 Å². The van der Waals surface area contributed by atoms with Gasteiger partial charge in [0.25, 0.3) is 5.91 Å². The summed E-state index contributed by atoms with van der Waals surface area (Å²) in [4.78, 5) is 32.2. The summed E-state index contributed by atoms with van der Waals surface area (Å²) in [5.74, 6) is 0.290. The summed E-state index contributed by atoms with van der Waals surface area (Å²) in [5, 5.41) is 5.30. The second kappa shape index (κ2) is 9.77. The number of urea groups is 1. The van der Waals surface area contributed by atoms with Crippen molar-refractivity contribution in [2.75, 3.05) is 49.5 Å². The molecule has 3 rings (SSSR count). The van der Waals surface area contributed by atoms with E-state index in [1.807, 2.05) is 11.8 Å². The summed E-state index contributed by atoms with van der Waals surface area (Å²) in [6.45, 7) is 7.34. The quantitative estimate of drug-likeness (QED) is 0.781. The first-order valence-corrected chi connectivity index (χ1v) is 9.78. The van der Waals surface area contributed by atoms with Gasteiger partial charge in [-0.05, 0) is 37.6 Å². The predicted octanol–water partition coefficient (Wildman–Crippen LogP) is 2.26. The highest BCUT2D eigenvalue weighted by molar-refractivity contribution is 5.88. The summed E-state index contributed by atoms with van der Waals surface area (Å²) < 4.78 is 5.51. The standard InChI is InChI=1S/C21H27N5O3/c1-3-22-21(28)24-17-7-8-19(23-14-17)29-15-20(27)26-11-9-25(10-12-26)18-6-4-5-16(2)13-18/h4-8,13-14H,3,9-12,15H2,1-2H3,(H2,22,24,28). The maximum absolute atomic E-state index is 12.4. The average molecular weight is 397 g/mol. The first-order chi connectivity index (χ1) is 14.0. The third-order valence-electron chi connectivity index (χ3n) is 4.67. The summed E-state index contributed by atoms with van der Waals surface area (Å²) in [6.07, 6.45) is 1.50. The van der Waals surface area contributed by atoms with Gasteiger partial charge in [-0.2, -0.15) is 0 Å². The average Bonchev–Trinajstić information content (AvgIpc) is 2.73. The van der Waals surface area contributed by atoms with Gasteiger partial charge in [0.15, 0.2) is 6.61 Å². The van der Waals surface area contributed by atoms with Crippen LogP contribution in [0.4, 0.5) is 16.2 Å². The highest BCUT2D eigenvalue weighted by Gasteiger charge is 2.21. The molecule has 2 heterocycles. The number of hydrogen-bond donors (Lipinski definition) is 2. The van der Waals surface area contributed by atoms with Crippen LogP contribution in [-0.4, -0.2) is 61.2 Å². The minimum absolute atomic E-state index is 0.0550. The largest absolute Gasteiger partial charge is 0.468 e. The van der Waals surface area contributed by atoms with Gasteiger partial charge >= 0.3 is 6.03 Å². The van der Waals surface area contributed by atoms with Gasteiger partial charge in [0.2, 0.25) is 5.88 Å². The van der Waals surface area contributed by atoms with Crippen LogP contribution in [0.1, 0.15) is 12.5 Å². The van der Waals surface area contributed by atoms with Crippen molar-refractivity contribution in [1.82, 2.24) is 15.2 Å². The molecule has 8 nitrogen and oxygen atoms in total. The number of ether oxygens (including phenoxy) is 1. The topological polar surface area (TPSA) is 86.8 Å². The molecular weight excluding hydrogens is 370 g/mol. The molecule has 1 aromatic heterocycles. The maximum atomic E-state index is 12.4. The Hall–Kier alpha value is -3.29. The van der Waals surface area contributed by atoms with E-state index in [0.717, 1.165) is 13.1 Å². The Morgan fingerprint density at radius 2 is 1.93 bits per heavy atom. The lowest BCUT2D eigenvalue weighted by Crippen LogP contribution is -2.50. The van der Waals surface area contributed by atoms with Crippen molar-refractivity contribution in [2.45, 2.75) is 13.8 Å². The Kier molecular flexibility index (Phi) is 6.89. The number of nitrogens with zero attached hydrogens (tertiary/aromatic N) is 3. The summed E-state index contributed by atoms with van der Waals surface area (Å²) >= 11 is 0. The molecule has 1 fully saturated rings. The number of pyridine rings is 1. The molecule has 2 aromatic rings. The van der Waals surface area contributed by atoms with Gasteiger partial charge in [-0.3, -0.25) is 4.79 Å². The van der Waals surface area contributed by atoms with Gasteiger partial charge < -0.3 is 25.2 Å². The fourth-order valence-electron chi connectivity index (χ4n) is 3.14. The predicted molar refractivity (Wildman–Crippen MR) is 112 cm³/mol. The van der Waals surface area contributed by atoms with Crippen LogP contribution in [0.5, 0.6) is 5.88 Å². The molecule has 0 bridgehead atoms. The minimum atomic E-state index is -0.289. The van der Waals surface area contributed by atoms with E-state index in [2.05, 4.69) is 51.7 Å². The molecule has 1 saturated heterocycles. The molecule has 0 spiro atoms. The Morgan fingerprint density at radius 3 is 2.59 bits per heavy atom. The molecule has 0 atom stereocenters. The second-order valence-electron chi connectivity index (χ2n) is 6.87. The Balaban J connectivity index is 1.43. The Labute approximate surface area is 170 Å². The molecule has 0 unspecified atom stereocenters. The third kappa shape index (κ3) is 5.84. The molecule has 8 heteroatoms. The number of amides is 3. The molecule has 1 aliphatic heterocycles. The van der Waals surface area contributed by atoms with E-state index in [-0.39, 0.29) is 18.5 Å². The lowest BCUT2D eigenvalue weighted by Gasteiger charge is -2.36. The molecule has 3 amide bonds. The van der Waals surface area contributed by atoms with E-state index in [1.165, 1.54) is 17.4 Å². The number of rotatable bonds is 6. The Bertz CT molecular complexity index is 832. The van der Waals surface area contributed by atoms with E-state index in [0.29, 0.717) is 31.2 Å². The molecule has 0 saturated carbocycles. The molecule has 0 aliphatic carbocycles. The second-order valence-corrected chi connectivity index (χ2v) is 6.87. The number of carbonyl (C=O) groups excluding carboxylic acids is 2. The minimum Gasteiger partial charge on any atom is -0.468 e. The van der Waals surface area contributed by atoms with Crippen LogP contribution in [0.2, 0.25) is 0 Å². The number of aromatic nitrogens is 1. The number of nitrogens with one attached hydrogen (secondary N) is 2. The van der Waals surface area contributed by atoms with Gasteiger partial charge in [-0.1, -0.05) is 12.1 Å². The van der Waals surface area contributed by atoms with E-state index < -0.39 is 0 Å². The van der Waals surface area contributed by atoms with E-state index in [9.17, 15) is 9.59 Å². The van der Waals surface area contributed by atoms with Gasteiger partial charge in [0, 0.05) is 44.5 Å². The van der Waals surface area contributed by atoms with Crippen LogP contribution < -0.4 is 20.3 Å². The molecule has 1 aromatic carbocycles. The van der Waals surface area contributed by atoms with Crippen molar-refractivity contribution in [3.8, 4) is 5.88 Å². The first kappa shape index (κ1) is 20.4. The Morgan fingerprint density at radius 1 is 1.14 bits per heavy atom. The lowest BCUT2D eigenvalue weighted by atomic mass is 10.2. The number of benzene rings is 1. The van der Waals surface area contributed by atoms with Crippen molar-refractivity contribution in [2.24, 2.45) is 0 Å². The fourth-order valence-corrected chi connectivity index (χ4v) is 3.14. The molecule has 154 valence electrons. The summed E-state index contributed by atoms with van der Waals surface area (Å²) in [5.41, 5.74) is 2.98. The van der Waals surface area contributed by atoms with Crippen molar-refractivity contribution >= 4 is 23.3 Å². The zero-order chi connectivity index (χ0) is 20.6. The fraction of sp³-hybridized carbons (Fsp3) is 0.381. The van der Waals surface area contributed by atoms with Crippen LogP contribution in [0.3, 0.4) is 0 Å². The summed E-state index contributed by atoms with van der Waals surface area (Å²) in [7, 11) is 0. The van der Waals surface area contributed by atoms with Crippen LogP contribution in [0.15, 0.2) is 42.6 Å². The molecule has 29 heavy (non-hydrogen) atoms. The van der Waals surface area contributed by atoms with Crippen LogP contribution >= 0.6 is 0 Å². The third-order valence-corrected chi connectivity index (χ3v) is 4.67. The first-order valence-electron chi connectivity index (χ1n) is 9.78. The molecule has 0 radical (unpaired) electrons. The zero-order valence-electron chi connectivity index (χ0n) is 16.9. The van der Waals surface area contributed by atoms with Crippen LogP contribution in [0, 0.1) is 6.92 Å². The summed E-state index contributed by atoms with van der Waals surface area (Å²) in [6, 6.07) is 11.4. The van der Waals surface area contributed by atoms with Crippen LogP contribution in [0.25, 0.3) is 0 Å². The van der Waals surface area contributed by atoms with Crippen molar-refractivity contribution in [1.29, 1.82) is 0 Å². The van der Waals surface area contributed by atoms with Crippen molar-refractivity contribution in [3.63, 3.8) is 0 Å². The zero-order valence-corrected chi connectivity index (χ0v) is 16.9. The molecular formula is C21H27N5O3. The van der Waals surface area contributed by atoms with Crippen LogP contribution in [-0.2, 0) is 4.79 Å². The maximum Gasteiger partial charge on any atom is 0.319 e. The smallest absolute Gasteiger partial charge is 0.319 e. The number of aryl methyl sites for hydroxylation is 1. The van der Waals surface area contributed by atoms with Gasteiger partial charge in [-0.15, -0.1) is 0 Å². The highest BCUT2D eigenvalue weighted by Crippen LogP contribution is 2.18. The lowest BCUT2D eigenvalue weighted by molar-refractivity contribution is -0.133. The number of anilines is 2. The number of piperazine rings is 1. The molecule has 1 aliphatic rings. The van der Waals surface area contributed by atoms with Gasteiger partial charge in [0.1, 0.15) is 0 Å². The number of hydrogen-bond acceptors (Lipinski definition) is 5. The van der Waals surface area contributed by atoms with Crippen molar-refractivity contribution < 1.29 is 14.3 Å². The SMILES string of the molecule is CCNC(=O)Nc1ccc(OCC(=O)N2CCN(c3cccc(C)c3)CC2)nc1. The normalized spacial score (nSPS) is 13.7. The highest BCUT2D eigenvalue weighted by atomic mass is 16.5. The van der Waals surface area contributed by atoms with E-state index >= 15 is 0 Å². The van der Waals surface area contributed by atoms with E-state index in [1.54, 1.807) is 12.1 Å². The molecule has 2 N–H and O–H groups in total. The number of carbonyl (C=O) groups is 2.